The van der Waals surface area contributed by atoms with Gasteiger partial charge in [0.05, 0.1) is 0 Å². The van der Waals surface area contributed by atoms with E-state index in [0.717, 1.165) is 0 Å². The lowest BCUT2D eigenvalue weighted by molar-refractivity contribution is -0.105. The molecule has 74 valence electrons. The summed E-state index contributed by atoms with van der Waals surface area (Å²) < 4.78 is 45.7. The van der Waals surface area contributed by atoms with Crippen molar-refractivity contribution in [1.82, 2.24) is 0 Å². The fourth-order valence-electron chi connectivity index (χ4n) is 0.627. The van der Waals surface area contributed by atoms with E-state index >= 15 is 0 Å². The second kappa shape index (κ2) is 4.81. The summed E-state index contributed by atoms with van der Waals surface area (Å²) >= 11 is 0. The van der Waals surface area contributed by atoms with Crippen molar-refractivity contribution in [2.75, 3.05) is 18.1 Å². The van der Waals surface area contributed by atoms with Gasteiger partial charge in [0.1, 0.15) is 5.75 Å². The van der Waals surface area contributed by atoms with Crippen LogP contribution in [0.2, 0.25) is 0 Å². The fourth-order valence-corrected chi connectivity index (χ4v) is 1.88. The van der Waals surface area contributed by atoms with Gasteiger partial charge in [-0.1, -0.05) is 6.92 Å². The smallest absolute Gasteiger partial charge is 0.330 e. The molecular weight excluding hydrogens is 191 g/mol. The molecule has 0 aromatic heterocycles. The second-order valence-corrected chi connectivity index (χ2v) is 4.21. The highest BCUT2D eigenvalue weighted by Crippen LogP contribution is 2.16. The van der Waals surface area contributed by atoms with Crippen LogP contribution >= 0.6 is 0 Å². The summed E-state index contributed by atoms with van der Waals surface area (Å²) in [5, 5.41) is 0. The van der Waals surface area contributed by atoms with Crippen LogP contribution in [0.1, 0.15) is 6.92 Å². The van der Waals surface area contributed by atoms with Gasteiger partial charge in [0, 0.05) is 16.6 Å². The molecule has 0 rings (SSSR count). The molecule has 0 aromatic carbocycles. The van der Waals surface area contributed by atoms with E-state index in [2.05, 4.69) is 0 Å². The SMILES string of the molecule is CC(CN)CS(=O)CC(F)(F)F. The minimum absolute atomic E-state index is 0.0238. The molecule has 0 aromatic rings. The number of nitrogens with two attached hydrogens (primary N) is 1. The van der Waals surface area contributed by atoms with Crippen LogP contribution in [-0.4, -0.2) is 28.4 Å². The van der Waals surface area contributed by atoms with Crippen LogP contribution < -0.4 is 5.73 Å². The Morgan fingerprint density at radius 1 is 1.50 bits per heavy atom. The van der Waals surface area contributed by atoms with Gasteiger partial charge in [-0.15, -0.1) is 0 Å². The van der Waals surface area contributed by atoms with Gasteiger partial charge in [0.2, 0.25) is 0 Å². The predicted molar refractivity (Wildman–Crippen MR) is 42.1 cm³/mol. The maximum Gasteiger partial charge on any atom is 0.400 e. The first-order valence-corrected chi connectivity index (χ1v) is 4.95. The van der Waals surface area contributed by atoms with Crippen LogP contribution in [0.25, 0.3) is 0 Å². The standard InChI is InChI=1S/C6H12F3NOS/c1-5(2-10)3-12(11)4-6(7,8)9/h5H,2-4,10H2,1H3. The van der Waals surface area contributed by atoms with Crippen molar-refractivity contribution in [3.63, 3.8) is 0 Å². The summed E-state index contributed by atoms with van der Waals surface area (Å²) in [6.45, 7) is 1.94. The van der Waals surface area contributed by atoms with E-state index < -0.39 is 22.7 Å². The molecule has 0 spiro atoms. The van der Waals surface area contributed by atoms with Gasteiger partial charge < -0.3 is 5.73 Å². The quantitative estimate of drug-likeness (QED) is 0.737. The van der Waals surface area contributed by atoms with Crippen molar-refractivity contribution in [1.29, 1.82) is 0 Å². The molecule has 2 N–H and O–H groups in total. The first kappa shape index (κ1) is 11.9. The van der Waals surface area contributed by atoms with Crippen molar-refractivity contribution in [3.8, 4) is 0 Å². The molecular formula is C6H12F3NOS. The van der Waals surface area contributed by atoms with Crippen LogP contribution in [-0.2, 0) is 10.8 Å². The molecule has 0 fully saturated rings. The average Bonchev–Trinajstić information content (AvgIpc) is 1.82. The van der Waals surface area contributed by atoms with Crippen LogP contribution in [0.3, 0.4) is 0 Å². The zero-order valence-electron chi connectivity index (χ0n) is 6.73. The zero-order chi connectivity index (χ0) is 9.78. The van der Waals surface area contributed by atoms with E-state index in [9.17, 15) is 17.4 Å². The summed E-state index contributed by atoms with van der Waals surface area (Å²) in [6, 6.07) is 0. The highest BCUT2D eigenvalue weighted by molar-refractivity contribution is 7.85. The van der Waals surface area contributed by atoms with E-state index in [0.29, 0.717) is 0 Å². The van der Waals surface area contributed by atoms with E-state index in [1.807, 2.05) is 0 Å². The molecule has 0 aliphatic heterocycles. The second-order valence-electron chi connectivity index (χ2n) is 2.71. The van der Waals surface area contributed by atoms with Gasteiger partial charge in [0.15, 0.2) is 0 Å². The van der Waals surface area contributed by atoms with E-state index in [1.165, 1.54) is 0 Å². The number of rotatable bonds is 4. The molecule has 0 aliphatic rings. The molecule has 0 amide bonds. The Hall–Kier alpha value is -0.100. The largest absolute Gasteiger partial charge is 0.400 e. The molecule has 0 radical (unpaired) electrons. The maximum atomic E-state index is 11.6. The third kappa shape index (κ3) is 6.60. The van der Waals surface area contributed by atoms with Crippen LogP contribution in [0.4, 0.5) is 13.2 Å². The summed E-state index contributed by atoms with van der Waals surface area (Å²) in [5.74, 6) is -1.32. The lowest BCUT2D eigenvalue weighted by Crippen LogP contribution is -2.25. The first-order valence-electron chi connectivity index (χ1n) is 3.47. The fraction of sp³-hybridized carbons (Fsp3) is 1.00. The Labute approximate surface area is 71.8 Å². The molecule has 2 atom stereocenters. The Morgan fingerprint density at radius 2 is 2.00 bits per heavy atom. The minimum Gasteiger partial charge on any atom is -0.330 e. The number of hydrogen-bond acceptors (Lipinski definition) is 2. The third-order valence-electron chi connectivity index (χ3n) is 1.20. The van der Waals surface area contributed by atoms with Gasteiger partial charge >= 0.3 is 6.18 Å². The Balaban J connectivity index is 3.75. The zero-order valence-corrected chi connectivity index (χ0v) is 7.54. The highest BCUT2D eigenvalue weighted by atomic mass is 32.2. The molecule has 0 saturated carbocycles. The Bertz CT molecular complexity index is 159. The molecule has 0 aliphatic carbocycles. The topological polar surface area (TPSA) is 43.1 Å². The average molecular weight is 203 g/mol. The minimum atomic E-state index is -4.33. The van der Waals surface area contributed by atoms with Crippen LogP contribution in [0.15, 0.2) is 0 Å². The summed E-state index contributed by atoms with van der Waals surface area (Å²) in [4.78, 5) is 0. The van der Waals surface area contributed by atoms with Gasteiger partial charge in [-0.05, 0) is 12.5 Å². The third-order valence-corrected chi connectivity index (χ3v) is 2.79. The summed E-state index contributed by atoms with van der Waals surface area (Å²) in [7, 11) is -1.82. The molecule has 12 heavy (non-hydrogen) atoms. The Kier molecular flexibility index (Phi) is 4.77. The summed E-state index contributed by atoms with van der Waals surface area (Å²) in [6.07, 6.45) is -4.33. The number of alkyl halides is 3. The molecule has 6 heteroatoms. The van der Waals surface area contributed by atoms with Gasteiger partial charge in [0.25, 0.3) is 0 Å². The predicted octanol–water partition coefficient (Wildman–Crippen LogP) is 0.892. The van der Waals surface area contributed by atoms with Gasteiger partial charge in [-0.2, -0.15) is 13.2 Å². The highest BCUT2D eigenvalue weighted by Gasteiger charge is 2.30. The van der Waals surface area contributed by atoms with E-state index in [4.69, 9.17) is 5.73 Å². The molecule has 2 unspecified atom stereocenters. The van der Waals surface area contributed by atoms with E-state index in [-0.39, 0.29) is 18.2 Å². The van der Waals surface area contributed by atoms with Crippen molar-refractivity contribution in [3.05, 3.63) is 0 Å². The van der Waals surface area contributed by atoms with Crippen molar-refractivity contribution >= 4 is 10.8 Å². The van der Waals surface area contributed by atoms with Crippen molar-refractivity contribution in [2.24, 2.45) is 11.7 Å². The van der Waals surface area contributed by atoms with Crippen molar-refractivity contribution in [2.45, 2.75) is 13.1 Å². The van der Waals surface area contributed by atoms with Gasteiger partial charge in [-0.25, -0.2) is 0 Å². The monoisotopic (exact) mass is 203 g/mol. The van der Waals surface area contributed by atoms with Crippen molar-refractivity contribution < 1.29 is 17.4 Å². The lowest BCUT2D eigenvalue weighted by Gasteiger charge is -2.09. The molecule has 0 heterocycles. The van der Waals surface area contributed by atoms with Gasteiger partial charge in [-0.3, -0.25) is 4.21 Å². The first-order chi connectivity index (χ1) is 5.35. The summed E-state index contributed by atoms with van der Waals surface area (Å²) in [5.41, 5.74) is 5.17. The lowest BCUT2D eigenvalue weighted by atomic mass is 10.2. The normalized spacial score (nSPS) is 17.4. The number of halogens is 3. The Morgan fingerprint density at radius 3 is 2.33 bits per heavy atom. The number of hydrogen-bond donors (Lipinski definition) is 1. The molecule has 0 saturated heterocycles. The van der Waals surface area contributed by atoms with E-state index in [1.54, 1.807) is 6.92 Å². The maximum absolute atomic E-state index is 11.6. The van der Waals surface area contributed by atoms with Crippen LogP contribution in [0, 0.1) is 5.92 Å². The molecule has 2 nitrogen and oxygen atoms in total. The molecule has 0 bridgehead atoms. The van der Waals surface area contributed by atoms with Crippen LogP contribution in [0.5, 0.6) is 0 Å².